The zero-order chi connectivity index (χ0) is 18.0. The smallest absolute Gasteiger partial charge is 0.217 e. The third-order valence-corrected chi connectivity index (χ3v) is 7.85. The molecular weight excluding hydrogens is 348 g/mol. The summed E-state index contributed by atoms with van der Waals surface area (Å²) in [5.74, 6) is 0.218. The van der Waals surface area contributed by atoms with E-state index < -0.39 is 10.0 Å². The van der Waals surface area contributed by atoms with Gasteiger partial charge in [-0.1, -0.05) is 12.1 Å². The summed E-state index contributed by atoms with van der Waals surface area (Å²) < 4.78 is 27.7. The highest BCUT2D eigenvalue weighted by Gasteiger charge is 2.46. The van der Waals surface area contributed by atoms with Crippen LogP contribution in [-0.2, 0) is 23.1 Å². The standard InChI is InChI=1S/C19H24N4O2S/c24-26(25)19-6-10-22(13-16-3-1-7-20-11-16)9-5-18(19)15-23(26)14-17-4-2-8-21-12-17/h1-4,7-8,11-12,18-19H,5-6,9-10,13-15H2/t18-,19-/m1/s1. The fourth-order valence-electron chi connectivity index (χ4n) is 4.11. The van der Waals surface area contributed by atoms with Crippen molar-refractivity contribution in [3.8, 4) is 0 Å². The summed E-state index contributed by atoms with van der Waals surface area (Å²) in [5, 5.41) is -0.252. The molecule has 6 nitrogen and oxygen atoms in total. The molecule has 0 aliphatic carbocycles. The van der Waals surface area contributed by atoms with E-state index in [0.29, 0.717) is 19.5 Å². The van der Waals surface area contributed by atoms with Gasteiger partial charge < -0.3 is 0 Å². The van der Waals surface area contributed by atoms with E-state index in [-0.39, 0.29) is 11.2 Å². The van der Waals surface area contributed by atoms with E-state index in [9.17, 15) is 8.42 Å². The first kappa shape index (κ1) is 17.6. The minimum Gasteiger partial charge on any atom is -0.299 e. The molecule has 7 heteroatoms. The Labute approximate surface area is 154 Å². The van der Waals surface area contributed by atoms with Crippen LogP contribution in [0.5, 0.6) is 0 Å². The van der Waals surface area contributed by atoms with Crippen LogP contribution in [0.2, 0.25) is 0 Å². The summed E-state index contributed by atoms with van der Waals surface area (Å²) in [4.78, 5) is 10.6. The molecule has 0 bridgehead atoms. The number of hydrogen-bond acceptors (Lipinski definition) is 5. The molecule has 0 N–H and O–H groups in total. The van der Waals surface area contributed by atoms with E-state index in [1.807, 2.05) is 24.4 Å². The number of hydrogen-bond donors (Lipinski definition) is 0. The Kier molecular flexibility index (Phi) is 5.02. The lowest BCUT2D eigenvalue weighted by Gasteiger charge is -2.21. The first-order valence-corrected chi connectivity index (χ1v) is 10.6. The third kappa shape index (κ3) is 3.65. The van der Waals surface area contributed by atoms with E-state index in [1.54, 1.807) is 22.9 Å². The highest BCUT2D eigenvalue weighted by Crippen LogP contribution is 2.35. The molecule has 0 saturated carbocycles. The molecule has 2 aliphatic heterocycles. The Morgan fingerprint density at radius 2 is 1.62 bits per heavy atom. The van der Waals surface area contributed by atoms with E-state index in [4.69, 9.17) is 0 Å². The van der Waals surface area contributed by atoms with Crippen LogP contribution in [0.15, 0.2) is 49.1 Å². The second kappa shape index (κ2) is 7.42. The highest BCUT2D eigenvalue weighted by molar-refractivity contribution is 7.90. The lowest BCUT2D eigenvalue weighted by atomic mass is 10.0. The van der Waals surface area contributed by atoms with Crippen molar-refractivity contribution in [1.82, 2.24) is 19.2 Å². The maximum absolute atomic E-state index is 13.0. The van der Waals surface area contributed by atoms with Crippen molar-refractivity contribution >= 4 is 10.0 Å². The van der Waals surface area contributed by atoms with Gasteiger partial charge in [-0.25, -0.2) is 8.42 Å². The van der Waals surface area contributed by atoms with Gasteiger partial charge in [0.2, 0.25) is 10.0 Å². The molecule has 0 aromatic carbocycles. The van der Waals surface area contributed by atoms with Gasteiger partial charge in [0.25, 0.3) is 0 Å². The molecule has 0 unspecified atom stereocenters. The van der Waals surface area contributed by atoms with Crippen molar-refractivity contribution in [3.05, 3.63) is 60.2 Å². The van der Waals surface area contributed by atoms with Crippen molar-refractivity contribution in [1.29, 1.82) is 0 Å². The van der Waals surface area contributed by atoms with Crippen molar-refractivity contribution in [2.24, 2.45) is 5.92 Å². The van der Waals surface area contributed by atoms with Crippen LogP contribution < -0.4 is 0 Å². The van der Waals surface area contributed by atoms with E-state index in [1.165, 1.54) is 5.56 Å². The van der Waals surface area contributed by atoms with Crippen LogP contribution in [0.1, 0.15) is 24.0 Å². The van der Waals surface area contributed by atoms with Gasteiger partial charge >= 0.3 is 0 Å². The van der Waals surface area contributed by atoms with Crippen LogP contribution in [0.3, 0.4) is 0 Å². The number of fused-ring (bicyclic) bond motifs is 1. The third-order valence-electron chi connectivity index (χ3n) is 5.46. The molecule has 0 spiro atoms. The van der Waals surface area contributed by atoms with Gasteiger partial charge in [0.15, 0.2) is 0 Å². The lowest BCUT2D eigenvalue weighted by Crippen LogP contribution is -2.31. The Hall–Kier alpha value is -1.83. The van der Waals surface area contributed by atoms with Crippen molar-refractivity contribution < 1.29 is 8.42 Å². The summed E-state index contributed by atoms with van der Waals surface area (Å²) in [5.41, 5.74) is 2.13. The number of nitrogens with zero attached hydrogens (tertiary/aromatic N) is 4. The van der Waals surface area contributed by atoms with Crippen LogP contribution in [0, 0.1) is 5.92 Å². The van der Waals surface area contributed by atoms with Gasteiger partial charge in [-0.3, -0.25) is 14.9 Å². The Bertz CT molecular complexity index is 829. The largest absolute Gasteiger partial charge is 0.299 e. The number of pyridine rings is 2. The van der Waals surface area contributed by atoms with Crippen LogP contribution in [-0.4, -0.2) is 52.5 Å². The molecule has 4 rings (SSSR count). The molecule has 2 aromatic rings. The van der Waals surface area contributed by atoms with Crippen LogP contribution >= 0.6 is 0 Å². The van der Waals surface area contributed by atoms with Gasteiger partial charge in [-0.05, 0) is 55.1 Å². The zero-order valence-corrected chi connectivity index (χ0v) is 15.6. The number of sulfonamides is 1. The van der Waals surface area contributed by atoms with Gasteiger partial charge in [-0.2, -0.15) is 4.31 Å². The topological polar surface area (TPSA) is 66.4 Å². The molecule has 26 heavy (non-hydrogen) atoms. The highest BCUT2D eigenvalue weighted by atomic mass is 32.2. The second-order valence-electron chi connectivity index (χ2n) is 7.21. The summed E-state index contributed by atoms with van der Waals surface area (Å²) in [6.45, 7) is 3.65. The fourth-order valence-corrected chi connectivity index (χ4v) is 6.33. The van der Waals surface area contributed by atoms with Gasteiger partial charge in [0, 0.05) is 44.4 Å². The van der Waals surface area contributed by atoms with E-state index >= 15 is 0 Å². The molecule has 2 aromatic heterocycles. The molecule has 138 valence electrons. The maximum Gasteiger partial charge on any atom is 0.217 e. The molecule has 0 amide bonds. The quantitative estimate of drug-likeness (QED) is 0.820. The Balaban J connectivity index is 1.43. The summed E-state index contributed by atoms with van der Waals surface area (Å²) >= 11 is 0. The minimum atomic E-state index is -3.24. The molecule has 2 saturated heterocycles. The van der Waals surface area contributed by atoms with Gasteiger partial charge in [-0.15, -0.1) is 0 Å². The molecule has 0 radical (unpaired) electrons. The number of aromatic nitrogens is 2. The second-order valence-corrected chi connectivity index (χ2v) is 9.36. The van der Waals surface area contributed by atoms with Crippen molar-refractivity contribution in [2.75, 3.05) is 19.6 Å². The number of likely N-dealkylation sites (tertiary alicyclic amines) is 1. The summed E-state index contributed by atoms with van der Waals surface area (Å²) in [7, 11) is -3.24. The molecule has 2 aliphatic rings. The normalized spacial score (nSPS) is 26.3. The first-order valence-electron chi connectivity index (χ1n) is 9.12. The average Bonchev–Trinajstić information content (AvgIpc) is 2.78. The molecule has 2 atom stereocenters. The molecule has 2 fully saturated rings. The maximum atomic E-state index is 13.0. The van der Waals surface area contributed by atoms with Crippen LogP contribution in [0.4, 0.5) is 0 Å². The molecular formula is C19H24N4O2S. The van der Waals surface area contributed by atoms with Crippen molar-refractivity contribution in [2.45, 2.75) is 31.2 Å². The Morgan fingerprint density at radius 1 is 0.962 bits per heavy atom. The fraction of sp³-hybridized carbons (Fsp3) is 0.474. The molecule has 4 heterocycles. The van der Waals surface area contributed by atoms with Gasteiger partial charge in [0.1, 0.15) is 0 Å². The van der Waals surface area contributed by atoms with Crippen LogP contribution in [0.25, 0.3) is 0 Å². The van der Waals surface area contributed by atoms with E-state index in [0.717, 1.165) is 31.6 Å². The van der Waals surface area contributed by atoms with Crippen molar-refractivity contribution in [3.63, 3.8) is 0 Å². The number of rotatable bonds is 4. The monoisotopic (exact) mass is 372 g/mol. The summed E-state index contributed by atoms with van der Waals surface area (Å²) in [6, 6.07) is 7.81. The summed E-state index contributed by atoms with van der Waals surface area (Å²) in [6.07, 6.45) is 8.75. The predicted octanol–water partition coefficient (Wildman–Crippen LogP) is 1.90. The Morgan fingerprint density at radius 3 is 2.27 bits per heavy atom. The lowest BCUT2D eigenvalue weighted by molar-refractivity contribution is 0.266. The average molecular weight is 372 g/mol. The SMILES string of the molecule is O=S1(=O)[C@@H]2CCN(Cc3cccnc3)CC[C@@H]2CN1Cc1cccnc1. The van der Waals surface area contributed by atoms with Gasteiger partial charge in [0.05, 0.1) is 5.25 Å². The predicted molar refractivity (Wildman–Crippen MR) is 99.6 cm³/mol. The first-order chi connectivity index (χ1) is 12.6. The van der Waals surface area contributed by atoms with E-state index in [2.05, 4.69) is 20.9 Å². The zero-order valence-electron chi connectivity index (χ0n) is 14.7. The minimum absolute atomic E-state index is 0.218.